The minimum absolute atomic E-state index is 0.0713. The van der Waals surface area contributed by atoms with Gasteiger partial charge < -0.3 is 20.3 Å². The minimum atomic E-state index is -0.0713. The molecule has 0 saturated carbocycles. The van der Waals surface area contributed by atoms with E-state index in [1.165, 1.54) is 0 Å². The number of aromatic nitrogens is 2. The third-order valence-corrected chi connectivity index (χ3v) is 4.72. The van der Waals surface area contributed by atoms with Crippen molar-refractivity contribution < 1.29 is 9.53 Å². The van der Waals surface area contributed by atoms with Gasteiger partial charge in [0, 0.05) is 64.2 Å². The van der Waals surface area contributed by atoms with Crippen LogP contribution in [0.3, 0.4) is 0 Å². The average molecular weight is 348 g/mol. The Labute approximate surface area is 148 Å². The Hall–Kier alpha value is -1.93. The zero-order chi connectivity index (χ0) is 17.3. The molecule has 0 aliphatic carbocycles. The largest absolute Gasteiger partial charge is 0.381 e. The summed E-state index contributed by atoms with van der Waals surface area (Å²) in [7, 11) is 0. The topological polar surface area (TPSA) is 82.6 Å². The summed E-state index contributed by atoms with van der Waals surface area (Å²) in [6.45, 7) is 7.89. The first-order chi connectivity index (χ1) is 12.3. The Morgan fingerprint density at radius 3 is 2.72 bits per heavy atom. The number of ether oxygens (including phenoxy) is 1. The Bertz CT molecular complexity index is 515. The van der Waals surface area contributed by atoms with E-state index in [4.69, 9.17) is 4.74 Å². The molecule has 3 heterocycles. The second kappa shape index (κ2) is 9.53. The van der Waals surface area contributed by atoms with Crippen LogP contribution in [-0.4, -0.2) is 79.9 Å². The lowest BCUT2D eigenvalue weighted by molar-refractivity contribution is 0.185. The van der Waals surface area contributed by atoms with Crippen molar-refractivity contribution >= 4 is 12.0 Å². The summed E-state index contributed by atoms with van der Waals surface area (Å²) in [4.78, 5) is 25.0. The van der Waals surface area contributed by atoms with Crippen molar-refractivity contribution in [2.24, 2.45) is 5.92 Å². The molecule has 1 atom stereocenters. The van der Waals surface area contributed by atoms with Crippen LogP contribution in [0.4, 0.5) is 10.7 Å². The Kier molecular flexibility index (Phi) is 6.81. The summed E-state index contributed by atoms with van der Waals surface area (Å²) in [5, 5.41) is 5.86. The fourth-order valence-corrected chi connectivity index (χ4v) is 3.17. The molecule has 2 saturated heterocycles. The highest BCUT2D eigenvalue weighted by Crippen LogP contribution is 2.11. The van der Waals surface area contributed by atoms with E-state index in [1.54, 1.807) is 12.4 Å². The van der Waals surface area contributed by atoms with E-state index >= 15 is 0 Å². The monoisotopic (exact) mass is 348 g/mol. The van der Waals surface area contributed by atoms with Crippen LogP contribution in [0.1, 0.15) is 12.8 Å². The van der Waals surface area contributed by atoms with Crippen LogP contribution in [0.2, 0.25) is 0 Å². The van der Waals surface area contributed by atoms with Crippen molar-refractivity contribution in [3.8, 4) is 0 Å². The number of carbonyl (C=O) groups excluding carboxylic acids is 1. The third kappa shape index (κ3) is 5.82. The number of hydrogen-bond donors (Lipinski definition) is 2. The quantitative estimate of drug-likeness (QED) is 0.691. The zero-order valence-corrected chi connectivity index (χ0v) is 14.7. The molecular formula is C17H28N6O2. The Balaban J connectivity index is 1.23. The average Bonchev–Trinajstić information content (AvgIpc) is 3.18. The molecule has 25 heavy (non-hydrogen) atoms. The molecule has 0 bridgehead atoms. The Morgan fingerprint density at radius 1 is 1.20 bits per heavy atom. The fraction of sp³-hybridized carbons (Fsp3) is 0.706. The van der Waals surface area contributed by atoms with Gasteiger partial charge in [0.15, 0.2) is 0 Å². The maximum absolute atomic E-state index is 11.8. The van der Waals surface area contributed by atoms with Crippen LogP contribution in [-0.2, 0) is 4.74 Å². The molecule has 1 aromatic heterocycles. The molecule has 8 heteroatoms. The summed E-state index contributed by atoms with van der Waals surface area (Å²) < 4.78 is 5.30. The molecule has 0 aromatic carbocycles. The molecule has 8 nitrogen and oxygen atoms in total. The van der Waals surface area contributed by atoms with Gasteiger partial charge in [0.1, 0.15) is 0 Å². The van der Waals surface area contributed by atoms with Crippen LogP contribution in [0.5, 0.6) is 0 Å². The first kappa shape index (κ1) is 17.9. The number of urea groups is 1. The van der Waals surface area contributed by atoms with E-state index in [0.717, 1.165) is 64.7 Å². The normalized spacial score (nSPS) is 21.3. The van der Waals surface area contributed by atoms with Crippen molar-refractivity contribution in [2.45, 2.75) is 12.8 Å². The summed E-state index contributed by atoms with van der Waals surface area (Å²) in [5.74, 6) is 1.28. The summed E-state index contributed by atoms with van der Waals surface area (Å²) >= 11 is 0. The minimum Gasteiger partial charge on any atom is -0.381 e. The molecule has 138 valence electrons. The van der Waals surface area contributed by atoms with E-state index in [9.17, 15) is 4.79 Å². The van der Waals surface area contributed by atoms with Gasteiger partial charge in [-0.3, -0.25) is 4.90 Å². The molecule has 0 radical (unpaired) electrons. The van der Waals surface area contributed by atoms with Crippen LogP contribution in [0.15, 0.2) is 18.5 Å². The van der Waals surface area contributed by atoms with E-state index in [0.29, 0.717) is 19.0 Å². The molecule has 2 amide bonds. The summed E-state index contributed by atoms with van der Waals surface area (Å²) in [5.41, 5.74) is 0. The Morgan fingerprint density at radius 2 is 2.00 bits per heavy atom. The van der Waals surface area contributed by atoms with Crippen molar-refractivity contribution in [2.75, 3.05) is 63.9 Å². The van der Waals surface area contributed by atoms with Crippen molar-refractivity contribution in [1.29, 1.82) is 0 Å². The third-order valence-electron chi connectivity index (χ3n) is 4.72. The van der Waals surface area contributed by atoms with Gasteiger partial charge >= 0.3 is 6.03 Å². The maximum Gasteiger partial charge on any atom is 0.314 e. The SMILES string of the molecule is O=C(NCCCN1CCN(c2ncccn2)CC1)NC[C@H]1CCOC1. The molecule has 2 fully saturated rings. The summed E-state index contributed by atoms with van der Waals surface area (Å²) in [6.07, 6.45) is 5.57. The zero-order valence-electron chi connectivity index (χ0n) is 14.7. The standard InChI is InChI=1S/C17H28N6O2/c24-17(21-13-15-3-12-25-14-15)20-6-2-7-22-8-10-23(11-9-22)16-18-4-1-5-19-16/h1,4-5,15H,2-3,6-14H2,(H2,20,21,24)/t15-/m1/s1. The lowest BCUT2D eigenvalue weighted by Gasteiger charge is -2.34. The predicted octanol–water partition coefficient (Wildman–Crippen LogP) is 0.324. The predicted molar refractivity (Wildman–Crippen MR) is 95.6 cm³/mol. The van der Waals surface area contributed by atoms with Gasteiger partial charge in [-0.05, 0) is 25.5 Å². The number of nitrogens with zero attached hydrogens (tertiary/aromatic N) is 4. The van der Waals surface area contributed by atoms with Crippen molar-refractivity contribution in [1.82, 2.24) is 25.5 Å². The van der Waals surface area contributed by atoms with E-state index < -0.39 is 0 Å². The van der Waals surface area contributed by atoms with E-state index in [-0.39, 0.29) is 6.03 Å². The van der Waals surface area contributed by atoms with Gasteiger partial charge in [-0.25, -0.2) is 14.8 Å². The number of rotatable bonds is 7. The maximum atomic E-state index is 11.8. The van der Waals surface area contributed by atoms with Crippen LogP contribution in [0, 0.1) is 5.92 Å². The van der Waals surface area contributed by atoms with Gasteiger partial charge in [0.25, 0.3) is 0 Å². The molecule has 2 aliphatic heterocycles. The lowest BCUT2D eigenvalue weighted by Crippen LogP contribution is -2.47. The molecular weight excluding hydrogens is 320 g/mol. The number of carbonyl (C=O) groups is 1. The second-order valence-electron chi connectivity index (χ2n) is 6.60. The molecule has 0 unspecified atom stereocenters. The molecule has 3 rings (SSSR count). The lowest BCUT2D eigenvalue weighted by atomic mass is 10.1. The van der Waals surface area contributed by atoms with E-state index in [2.05, 4.69) is 30.4 Å². The highest BCUT2D eigenvalue weighted by Gasteiger charge is 2.18. The number of piperazine rings is 1. The highest BCUT2D eigenvalue weighted by atomic mass is 16.5. The van der Waals surface area contributed by atoms with Gasteiger partial charge in [0.05, 0.1) is 6.61 Å². The van der Waals surface area contributed by atoms with Gasteiger partial charge in [-0.1, -0.05) is 0 Å². The number of hydrogen-bond acceptors (Lipinski definition) is 6. The molecule has 2 aliphatic rings. The smallest absolute Gasteiger partial charge is 0.314 e. The molecule has 0 spiro atoms. The van der Waals surface area contributed by atoms with Crippen LogP contribution < -0.4 is 15.5 Å². The molecule has 1 aromatic rings. The number of nitrogens with one attached hydrogen (secondary N) is 2. The highest BCUT2D eigenvalue weighted by molar-refractivity contribution is 5.73. The molecule has 2 N–H and O–H groups in total. The van der Waals surface area contributed by atoms with Gasteiger partial charge in [0.2, 0.25) is 5.95 Å². The first-order valence-electron chi connectivity index (χ1n) is 9.15. The van der Waals surface area contributed by atoms with Crippen molar-refractivity contribution in [3.05, 3.63) is 18.5 Å². The van der Waals surface area contributed by atoms with Crippen molar-refractivity contribution in [3.63, 3.8) is 0 Å². The van der Waals surface area contributed by atoms with E-state index in [1.807, 2.05) is 6.07 Å². The van der Waals surface area contributed by atoms with Crippen LogP contribution in [0.25, 0.3) is 0 Å². The second-order valence-corrected chi connectivity index (χ2v) is 6.60. The van der Waals surface area contributed by atoms with Gasteiger partial charge in [-0.15, -0.1) is 0 Å². The van der Waals surface area contributed by atoms with Gasteiger partial charge in [-0.2, -0.15) is 0 Å². The van der Waals surface area contributed by atoms with Crippen LogP contribution >= 0.6 is 0 Å². The fourth-order valence-electron chi connectivity index (χ4n) is 3.17. The number of amides is 2. The first-order valence-corrected chi connectivity index (χ1v) is 9.15. The number of anilines is 1. The summed E-state index contributed by atoms with van der Waals surface area (Å²) in [6, 6.07) is 1.77.